The molecule has 0 spiro atoms. The van der Waals surface area contributed by atoms with Crippen molar-refractivity contribution in [2.75, 3.05) is 11.1 Å². The van der Waals surface area contributed by atoms with Crippen molar-refractivity contribution >= 4 is 29.3 Å². The van der Waals surface area contributed by atoms with Crippen molar-refractivity contribution in [3.63, 3.8) is 0 Å². The van der Waals surface area contributed by atoms with Crippen molar-refractivity contribution in [2.24, 2.45) is 5.73 Å². The minimum absolute atomic E-state index is 0.123. The summed E-state index contributed by atoms with van der Waals surface area (Å²) in [5.41, 5.74) is 7.75. The highest BCUT2D eigenvalue weighted by Crippen LogP contribution is 2.27. The van der Waals surface area contributed by atoms with Crippen molar-refractivity contribution in [3.05, 3.63) is 11.4 Å². The van der Waals surface area contributed by atoms with Gasteiger partial charge in [-0.15, -0.1) is 11.8 Å². The van der Waals surface area contributed by atoms with Crippen molar-refractivity contribution in [2.45, 2.75) is 38.5 Å². The number of carbonyl (C=O) groups excluding carboxylic acids is 1. The number of aromatic nitrogens is 2. The molecule has 112 valence electrons. The molecule has 0 bridgehead atoms. The molecular formula is C12H20N4O3S. The fourth-order valence-corrected chi connectivity index (χ4v) is 2.40. The Morgan fingerprint density at radius 2 is 2.10 bits per heavy atom. The Labute approximate surface area is 121 Å². The van der Waals surface area contributed by atoms with Crippen LogP contribution in [0.5, 0.6) is 0 Å². The number of anilines is 1. The topological polar surface area (TPSA) is 121 Å². The van der Waals surface area contributed by atoms with Crippen LogP contribution in [0.25, 0.3) is 0 Å². The Bertz CT molecular complexity index is 493. The van der Waals surface area contributed by atoms with Gasteiger partial charge in [0.1, 0.15) is 6.04 Å². The van der Waals surface area contributed by atoms with Gasteiger partial charge in [-0.25, -0.2) is 0 Å². The standard InChI is InChI=1S/C12H20N4O3S/c1-6-9(7(2)16-15-6)14-8(17)5-20-12(3,4)10(13)11(18)19/h10H,5,13H2,1-4H3,(H,14,17)(H,15,16)(H,18,19)/t10-/m0/s1. The van der Waals surface area contributed by atoms with Gasteiger partial charge in [0, 0.05) is 4.75 Å². The number of nitrogens with two attached hydrogens (primary N) is 1. The monoisotopic (exact) mass is 300 g/mol. The number of thioether (sulfide) groups is 1. The number of aryl methyl sites for hydroxylation is 2. The predicted octanol–water partition coefficient (Wildman–Crippen LogP) is 0.889. The van der Waals surface area contributed by atoms with Gasteiger partial charge in [0.2, 0.25) is 5.91 Å². The predicted molar refractivity (Wildman–Crippen MR) is 78.8 cm³/mol. The molecule has 0 radical (unpaired) electrons. The van der Waals surface area contributed by atoms with Gasteiger partial charge in [-0.1, -0.05) is 0 Å². The second kappa shape index (κ2) is 6.27. The number of hydrogen-bond acceptors (Lipinski definition) is 5. The average molecular weight is 300 g/mol. The molecular weight excluding hydrogens is 280 g/mol. The summed E-state index contributed by atoms with van der Waals surface area (Å²) in [6.07, 6.45) is 0. The fourth-order valence-electron chi connectivity index (χ4n) is 1.55. The van der Waals surface area contributed by atoms with E-state index in [2.05, 4.69) is 15.5 Å². The second-order valence-electron chi connectivity index (χ2n) is 5.07. The molecule has 0 fully saturated rings. The first-order valence-electron chi connectivity index (χ1n) is 6.09. The zero-order valence-corrected chi connectivity index (χ0v) is 12.8. The molecule has 0 saturated carbocycles. The van der Waals surface area contributed by atoms with Crippen molar-refractivity contribution < 1.29 is 14.7 Å². The smallest absolute Gasteiger partial charge is 0.321 e. The molecule has 0 saturated heterocycles. The molecule has 20 heavy (non-hydrogen) atoms. The number of amides is 1. The maximum atomic E-state index is 11.9. The largest absolute Gasteiger partial charge is 0.480 e. The molecule has 1 aromatic rings. The number of carboxylic acids is 1. The summed E-state index contributed by atoms with van der Waals surface area (Å²) in [6.45, 7) is 7.01. The molecule has 1 rings (SSSR count). The number of hydrogen-bond donors (Lipinski definition) is 4. The van der Waals surface area contributed by atoms with E-state index in [-0.39, 0.29) is 11.7 Å². The number of nitrogens with one attached hydrogen (secondary N) is 2. The summed E-state index contributed by atoms with van der Waals surface area (Å²) >= 11 is 1.21. The number of H-pyrrole nitrogens is 1. The highest BCUT2D eigenvalue weighted by molar-refractivity contribution is 8.01. The third kappa shape index (κ3) is 3.97. The highest BCUT2D eigenvalue weighted by Gasteiger charge is 2.33. The molecule has 0 aliphatic carbocycles. The van der Waals surface area contributed by atoms with Gasteiger partial charge in [0.05, 0.1) is 22.8 Å². The van der Waals surface area contributed by atoms with Crippen molar-refractivity contribution in [3.8, 4) is 0 Å². The van der Waals surface area contributed by atoms with Crippen LogP contribution in [0.4, 0.5) is 5.69 Å². The first-order chi connectivity index (χ1) is 9.15. The van der Waals surface area contributed by atoms with Gasteiger partial charge in [0.25, 0.3) is 0 Å². The number of aliphatic carboxylic acids is 1. The van der Waals surface area contributed by atoms with Crippen LogP contribution < -0.4 is 11.1 Å². The lowest BCUT2D eigenvalue weighted by Gasteiger charge is -2.27. The molecule has 1 heterocycles. The zero-order valence-electron chi connectivity index (χ0n) is 12.0. The van der Waals surface area contributed by atoms with Gasteiger partial charge in [0.15, 0.2) is 0 Å². The molecule has 0 aliphatic heterocycles. The average Bonchev–Trinajstić information content (AvgIpc) is 2.67. The molecule has 8 heteroatoms. The summed E-state index contributed by atoms with van der Waals surface area (Å²) in [5.74, 6) is -1.17. The maximum absolute atomic E-state index is 11.9. The lowest BCUT2D eigenvalue weighted by atomic mass is 10.1. The van der Waals surface area contributed by atoms with E-state index >= 15 is 0 Å². The Kier molecular flexibility index (Phi) is 5.18. The van der Waals surface area contributed by atoms with Crippen LogP contribution in [0.15, 0.2) is 0 Å². The Hall–Kier alpha value is -1.54. The summed E-state index contributed by atoms with van der Waals surface area (Å²) in [6, 6.07) is -1.03. The van der Waals surface area contributed by atoms with E-state index in [9.17, 15) is 9.59 Å². The minimum atomic E-state index is -1.08. The number of rotatable bonds is 6. The zero-order chi connectivity index (χ0) is 15.5. The van der Waals surface area contributed by atoms with Crippen molar-refractivity contribution in [1.82, 2.24) is 10.2 Å². The summed E-state index contributed by atoms with van der Waals surface area (Å²) < 4.78 is -0.732. The van der Waals surface area contributed by atoms with E-state index in [1.165, 1.54) is 11.8 Å². The molecule has 0 aliphatic rings. The van der Waals surface area contributed by atoms with Gasteiger partial charge in [-0.3, -0.25) is 14.7 Å². The van der Waals surface area contributed by atoms with E-state index in [0.29, 0.717) is 11.4 Å². The molecule has 7 nitrogen and oxygen atoms in total. The van der Waals surface area contributed by atoms with Crippen LogP contribution in [0.1, 0.15) is 25.2 Å². The molecule has 1 atom stereocenters. The lowest BCUT2D eigenvalue weighted by molar-refractivity contribution is -0.139. The molecule has 0 aromatic carbocycles. The van der Waals surface area contributed by atoms with Crippen molar-refractivity contribution in [1.29, 1.82) is 0 Å². The van der Waals surface area contributed by atoms with Crippen LogP contribution in [-0.2, 0) is 9.59 Å². The van der Waals surface area contributed by atoms with E-state index in [0.717, 1.165) is 5.69 Å². The lowest BCUT2D eigenvalue weighted by Crippen LogP contribution is -2.47. The SMILES string of the molecule is Cc1n[nH]c(C)c1NC(=O)CSC(C)(C)[C@@H](N)C(=O)O. The molecule has 5 N–H and O–H groups in total. The van der Waals surface area contributed by atoms with E-state index < -0.39 is 16.8 Å². The van der Waals surface area contributed by atoms with Crippen LogP contribution in [0.2, 0.25) is 0 Å². The summed E-state index contributed by atoms with van der Waals surface area (Å²) in [5, 5.41) is 18.4. The van der Waals surface area contributed by atoms with Crippen LogP contribution in [0.3, 0.4) is 0 Å². The normalized spacial score (nSPS) is 13.1. The summed E-state index contributed by atoms with van der Waals surface area (Å²) in [4.78, 5) is 22.8. The third-order valence-corrected chi connectivity index (χ3v) is 4.39. The van der Waals surface area contributed by atoms with E-state index in [4.69, 9.17) is 10.8 Å². The van der Waals surface area contributed by atoms with Gasteiger partial charge < -0.3 is 16.2 Å². The van der Waals surface area contributed by atoms with Crippen LogP contribution in [-0.4, -0.2) is 43.7 Å². The van der Waals surface area contributed by atoms with Crippen LogP contribution >= 0.6 is 11.8 Å². The summed E-state index contributed by atoms with van der Waals surface area (Å²) in [7, 11) is 0. The quantitative estimate of drug-likeness (QED) is 0.619. The molecule has 1 amide bonds. The Balaban J connectivity index is 2.58. The number of carboxylic acid groups (broad SMARTS) is 1. The molecule has 0 unspecified atom stereocenters. The van der Waals surface area contributed by atoms with E-state index in [1.807, 2.05) is 6.92 Å². The third-order valence-electron chi connectivity index (χ3n) is 2.98. The van der Waals surface area contributed by atoms with Gasteiger partial charge in [-0.2, -0.15) is 5.10 Å². The van der Waals surface area contributed by atoms with Gasteiger partial charge >= 0.3 is 5.97 Å². The Morgan fingerprint density at radius 1 is 1.50 bits per heavy atom. The second-order valence-corrected chi connectivity index (χ2v) is 6.69. The first kappa shape index (κ1) is 16.5. The highest BCUT2D eigenvalue weighted by atomic mass is 32.2. The number of nitrogens with zero attached hydrogens (tertiary/aromatic N) is 1. The number of aromatic amines is 1. The molecule has 1 aromatic heterocycles. The Morgan fingerprint density at radius 3 is 2.55 bits per heavy atom. The fraction of sp³-hybridized carbons (Fsp3) is 0.583. The van der Waals surface area contributed by atoms with Crippen LogP contribution in [0, 0.1) is 13.8 Å². The maximum Gasteiger partial charge on any atom is 0.321 e. The minimum Gasteiger partial charge on any atom is -0.480 e. The first-order valence-corrected chi connectivity index (χ1v) is 7.07. The van der Waals surface area contributed by atoms with Gasteiger partial charge in [-0.05, 0) is 27.7 Å². The van der Waals surface area contributed by atoms with E-state index in [1.54, 1.807) is 20.8 Å². The number of carbonyl (C=O) groups is 2.